The van der Waals surface area contributed by atoms with Crippen molar-refractivity contribution in [1.82, 2.24) is 19.7 Å². The van der Waals surface area contributed by atoms with Gasteiger partial charge in [0.25, 0.3) is 5.91 Å². The van der Waals surface area contributed by atoms with Crippen molar-refractivity contribution in [3.63, 3.8) is 0 Å². The molecule has 0 bridgehead atoms. The van der Waals surface area contributed by atoms with Crippen LogP contribution in [0.15, 0.2) is 30.6 Å². The predicted molar refractivity (Wildman–Crippen MR) is 95.1 cm³/mol. The van der Waals surface area contributed by atoms with Crippen molar-refractivity contribution in [2.45, 2.75) is 39.7 Å². The smallest absolute Gasteiger partial charge is 0.257 e. The lowest BCUT2D eigenvalue weighted by molar-refractivity contribution is 0.0788. The molecule has 0 aliphatic rings. The molecule has 0 radical (unpaired) electrons. The van der Waals surface area contributed by atoms with Crippen LogP contribution in [0.2, 0.25) is 0 Å². The molecule has 0 fully saturated rings. The highest BCUT2D eigenvalue weighted by Gasteiger charge is 2.21. The summed E-state index contributed by atoms with van der Waals surface area (Å²) < 4.78 is 1.74. The van der Waals surface area contributed by atoms with Crippen LogP contribution < -0.4 is 5.73 Å². The molecule has 2 aromatic rings. The number of nitrogens with two attached hydrogens (primary N) is 1. The number of aromatic nitrogens is 3. The summed E-state index contributed by atoms with van der Waals surface area (Å²) in [4.78, 5) is 18.8. The van der Waals surface area contributed by atoms with Crippen molar-refractivity contribution in [3.05, 3.63) is 41.9 Å². The van der Waals surface area contributed by atoms with E-state index >= 15 is 0 Å². The van der Waals surface area contributed by atoms with Crippen LogP contribution in [0.1, 0.15) is 43.2 Å². The van der Waals surface area contributed by atoms with Gasteiger partial charge in [-0.2, -0.15) is 5.10 Å². The van der Waals surface area contributed by atoms with Crippen molar-refractivity contribution in [3.8, 4) is 5.82 Å². The summed E-state index contributed by atoms with van der Waals surface area (Å²) in [6, 6.07) is 5.74. The standard InChI is InChI=1S/C18H27N5O/c1-5-16-14(12-21-23(16)17-8-6-7-10-20-17)18(24)22(4)11-9-15(19)13(2)3/h6-8,10,12-13,15H,5,9,11,19H2,1-4H3. The number of pyridine rings is 1. The maximum atomic E-state index is 12.8. The molecule has 0 spiro atoms. The summed E-state index contributed by atoms with van der Waals surface area (Å²) in [5.41, 5.74) is 7.58. The Morgan fingerprint density at radius 1 is 1.38 bits per heavy atom. The van der Waals surface area contributed by atoms with Crippen LogP contribution in [0, 0.1) is 5.92 Å². The lowest BCUT2D eigenvalue weighted by Gasteiger charge is -2.21. The minimum atomic E-state index is -0.0232. The van der Waals surface area contributed by atoms with Gasteiger partial charge in [-0.1, -0.05) is 26.8 Å². The van der Waals surface area contributed by atoms with Crippen LogP contribution >= 0.6 is 0 Å². The molecule has 0 aromatic carbocycles. The van der Waals surface area contributed by atoms with Crippen LogP contribution in [0.25, 0.3) is 5.82 Å². The molecule has 1 amide bonds. The number of hydrogen-bond acceptors (Lipinski definition) is 4. The Morgan fingerprint density at radius 3 is 2.71 bits per heavy atom. The quantitative estimate of drug-likeness (QED) is 0.845. The van der Waals surface area contributed by atoms with E-state index in [1.54, 1.807) is 22.0 Å². The largest absolute Gasteiger partial charge is 0.342 e. The Bertz CT molecular complexity index is 665. The number of carbonyl (C=O) groups is 1. The fourth-order valence-corrected chi connectivity index (χ4v) is 2.55. The first-order valence-corrected chi connectivity index (χ1v) is 8.45. The van der Waals surface area contributed by atoms with Crippen molar-refractivity contribution in [1.29, 1.82) is 0 Å². The molecule has 2 N–H and O–H groups in total. The number of carbonyl (C=O) groups excluding carboxylic acids is 1. The maximum Gasteiger partial charge on any atom is 0.257 e. The van der Waals surface area contributed by atoms with E-state index in [1.807, 2.05) is 32.2 Å². The molecule has 2 aromatic heterocycles. The second kappa shape index (κ2) is 8.06. The molecule has 6 nitrogen and oxygen atoms in total. The monoisotopic (exact) mass is 329 g/mol. The first-order chi connectivity index (χ1) is 11.5. The summed E-state index contributed by atoms with van der Waals surface area (Å²) >= 11 is 0. The number of nitrogens with zero attached hydrogens (tertiary/aromatic N) is 4. The summed E-state index contributed by atoms with van der Waals surface area (Å²) in [6.45, 7) is 6.84. The molecule has 2 rings (SSSR count). The van der Waals surface area contributed by atoms with E-state index in [0.717, 1.165) is 17.9 Å². The Hall–Kier alpha value is -2.21. The first kappa shape index (κ1) is 18.1. The molecule has 2 heterocycles. The molecule has 130 valence electrons. The minimum absolute atomic E-state index is 0.0232. The molecule has 1 atom stereocenters. The highest BCUT2D eigenvalue weighted by Crippen LogP contribution is 2.16. The zero-order chi connectivity index (χ0) is 17.7. The molecular formula is C18H27N5O. The van der Waals surface area contributed by atoms with E-state index in [1.165, 1.54) is 0 Å². The summed E-state index contributed by atoms with van der Waals surface area (Å²) in [5, 5.41) is 4.37. The van der Waals surface area contributed by atoms with Crippen molar-refractivity contribution >= 4 is 5.91 Å². The van der Waals surface area contributed by atoms with Crippen LogP contribution in [0.3, 0.4) is 0 Å². The third-order valence-corrected chi connectivity index (χ3v) is 4.30. The van der Waals surface area contributed by atoms with Crippen molar-refractivity contribution < 1.29 is 4.79 Å². The molecule has 0 saturated heterocycles. The molecule has 0 aliphatic heterocycles. The van der Waals surface area contributed by atoms with Crippen molar-refractivity contribution in [2.75, 3.05) is 13.6 Å². The van der Waals surface area contributed by atoms with Gasteiger partial charge in [0.15, 0.2) is 5.82 Å². The zero-order valence-electron chi connectivity index (χ0n) is 14.9. The topological polar surface area (TPSA) is 77.0 Å². The maximum absolute atomic E-state index is 12.8. The van der Waals surface area contributed by atoms with Gasteiger partial charge in [-0.3, -0.25) is 4.79 Å². The van der Waals surface area contributed by atoms with Gasteiger partial charge in [0.05, 0.1) is 17.5 Å². The molecule has 6 heteroatoms. The van der Waals surface area contributed by atoms with Crippen LogP contribution in [-0.4, -0.2) is 45.2 Å². The Labute approximate surface area is 143 Å². The molecule has 24 heavy (non-hydrogen) atoms. The van der Waals surface area contributed by atoms with E-state index < -0.39 is 0 Å². The van der Waals surface area contributed by atoms with Gasteiger partial charge in [0, 0.05) is 25.8 Å². The normalized spacial score (nSPS) is 12.4. The fourth-order valence-electron chi connectivity index (χ4n) is 2.55. The Kier molecular flexibility index (Phi) is 6.09. The van der Waals surface area contributed by atoms with E-state index in [9.17, 15) is 4.79 Å². The third-order valence-electron chi connectivity index (χ3n) is 4.30. The average Bonchev–Trinajstić information content (AvgIpc) is 3.03. The van der Waals surface area contributed by atoms with Gasteiger partial charge in [0.2, 0.25) is 0 Å². The van der Waals surface area contributed by atoms with Gasteiger partial charge in [-0.05, 0) is 30.9 Å². The van der Waals surface area contributed by atoms with Crippen LogP contribution in [0.5, 0.6) is 0 Å². The Balaban J connectivity index is 2.17. The summed E-state index contributed by atoms with van der Waals surface area (Å²) in [7, 11) is 1.81. The number of hydrogen-bond donors (Lipinski definition) is 1. The second-order valence-electron chi connectivity index (χ2n) is 6.38. The third kappa shape index (κ3) is 4.00. The van der Waals surface area contributed by atoms with Crippen LogP contribution in [0.4, 0.5) is 0 Å². The predicted octanol–water partition coefficient (Wildman–Crippen LogP) is 2.28. The Morgan fingerprint density at radius 2 is 2.12 bits per heavy atom. The summed E-state index contributed by atoms with van der Waals surface area (Å²) in [6.07, 6.45) is 4.85. The lowest BCUT2D eigenvalue weighted by atomic mass is 10.0. The lowest BCUT2D eigenvalue weighted by Crippen LogP contribution is -2.34. The van der Waals surface area contributed by atoms with E-state index in [0.29, 0.717) is 24.4 Å². The number of rotatable bonds is 7. The molecule has 1 unspecified atom stereocenters. The highest BCUT2D eigenvalue weighted by molar-refractivity contribution is 5.95. The van der Waals surface area contributed by atoms with E-state index in [-0.39, 0.29) is 11.9 Å². The van der Waals surface area contributed by atoms with Gasteiger partial charge in [0.1, 0.15) is 0 Å². The van der Waals surface area contributed by atoms with Gasteiger partial charge >= 0.3 is 0 Å². The van der Waals surface area contributed by atoms with Gasteiger partial charge in [-0.25, -0.2) is 9.67 Å². The second-order valence-corrected chi connectivity index (χ2v) is 6.38. The van der Waals surface area contributed by atoms with Gasteiger partial charge in [-0.15, -0.1) is 0 Å². The number of amides is 1. The summed E-state index contributed by atoms with van der Waals surface area (Å²) in [5.74, 6) is 1.11. The van der Waals surface area contributed by atoms with Crippen LogP contribution in [-0.2, 0) is 6.42 Å². The average molecular weight is 329 g/mol. The first-order valence-electron chi connectivity index (χ1n) is 8.45. The highest BCUT2D eigenvalue weighted by atomic mass is 16.2. The van der Waals surface area contributed by atoms with Crippen molar-refractivity contribution in [2.24, 2.45) is 11.7 Å². The fraction of sp³-hybridized carbons (Fsp3) is 0.500. The molecule has 0 saturated carbocycles. The van der Waals surface area contributed by atoms with E-state index in [2.05, 4.69) is 23.9 Å². The minimum Gasteiger partial charge on any atom is -0.342 e. The van der Waals surface area contributed by atoms with E-state index in [4.69, 9.17) is 5.73 Å². The molecule has 0 aliphatic carbocycles. The van der Waals surface area contributed by atoms with Gasteiger partial charge < -0.3 is 10.6 Å². The SMILES string of the molecule is CCc1c(C(=O)N(C)CCC(N)C(C)C)cnn1-c1ccccn1. The molecular weight excluding hydrogens is 302 g/mol. The zero-order valence-corrected chi connectivity index (χ0v) is 14.9.